The average Bonchev–Trinajstić information content (AvgIpc) is 3.35. The number of hydrogen-bond donors (Lipinski definition) is 3. The number of nitrogens with zero attached hydrogens (tertiary/aromatic N) is 2. The van der Waals surface area contributed by atoms with Crippen LogP contribution in [0.15, 0.2) is 24.5 Å². The number of carbonyl (C=O) groups excluding carboxylic acids is 2. The van der Waals surface area contributed by atoms with E-state index >= 15 is 0 Å². The van der Waals surface area contributed by atoms with Gasteiger partial charge in [0, 0.05) is 43.0 Å². The Labute approximate surface area is 204 Å². The van der Waals surface area contributed by atoms with E-state index in [0.29, 0.717) is 12.1 Å². The van der Waals surface area contributed by atoms with Crippen LogP contribution in [0.1, 0.15) is 69.7 Å². The third-order valence-electron chi connectivity index (χ3n) is 9.13. The minimum absolute atomic E-state index is 0.0109. The van der Waals surface area contributed by atoms with Gasteiger partial charge in [-0.15, -0.1) is 0 Å². The Morgan fingerprint density at radius 3 is 2.59 bits per heavy atom. The lowest BCUT2D eigenvalue weighted by atomic mass is 9.51. The molecule has 7 heteroatoms. The molecule has 0 spiro atoms. The Balaban J connectivity index is 1.37. The predicted octanol–water partition coefficient (Wildman–Crippen LogP) is 2.85. The minimum Gasteiger partial charge on any atom is -0.392 e. The first-order chi connectivity index (χ1) is 16.3. The lowest BCUT2D eigenvalue weighted by molar-refractivity contribution is -0.141. The van der Waals surface area contributed by atoms with Crippen LogP contribution in [0.25, 0.3) is 0 Å². The van der Waals surface area contributed by atoms with Crippen LogP contribution in [0.3, 0.4) is 0 Å². The van der Waals surface area contributed by atoms with E-state index in [4.69, 9.17) is 0 Å². The highest BCUT2D eigenvalue weighted by atomic mass is 16.3. The summed E-state index contributed by atoms with van der Waals surface area (Å²) in [5, 5.41) is 17.9. The number of aliphatic hydroxyl groups is 1. The quantitative estimate of drug-likeness (QED) is 0.570. The minimum atomic E-state index is -0.547. The summed E-state index contributed by atoms with van der Waals surface area (Å²) in [6, 6.07) is 3.46. The molecule has 0 radical (unpaired) electrons. The molecule has 1 saturated heterocycles. The van der Waals surface area contributed by atoms with E-state index in [1.165, 1.54) is 12.8 Å². The summed E-state index contributed by atoms with van der Waals surface area (Å²) in [5.74, 6) is -0.122. The van der Waals surface area contributed by atoms with Crippen molar-refractivity contribution in [2.75, 3.05) is 26.2 Å². The van der Waals surface area contributed by atoms with Gasteiger partial charge in [0.2, 0.25) is 5.91 Å². The second-order valence-electron chi connectivity index (χ2n) is 11.2. The molecule has 7 nitrogen and oxygen atoms in total. The lowest BCUT2D eigenvalue weighted by Crippen LogP contribution is -2.58. The maximum absolute atomic E-state index is 12.9. The molecule has 0 aromatic carbocycles. The molecular weight excluding hydrogens is 428 g/mol. The SMILES string of the molecule is C[C@H]1[C@@H]2[C@@H](O)C([C@H](C)C(=O)NCCN3CCCC3)CC[C@@]2(C)CC[C@@H]1NC(=O)c1ccncc1. The van der Waals surface area contributed by atoms with Gasteiger partial charge in [0.15, 0.2) is 0 Å². The van der Waals surface area contributed by atoms with Crippen molar-refractivity contribution in [2.45, 2.75) is 71.4 Å². The summed E-state index contributed by atoms with van der Waals surface area (Å²) in [4.78, 5) is 32.1. The topological polar surface area (TPSA) is 94.6 Å². The molecule has 3 fully saturated rings. The summed E-state index contributed by atoms with van der Waals surface area (Å²) >= 11 is 0. The monoisotopic (exact) mass is 470 g/mol. The Hall–Kier alpha value is -1.99. The molecule has 34 heavy (non-hydrogen) atoms. The molecule has 2 heterocycles. The van der Waals surface area contributed by atoms with Gasteiger partial charge in [-0.3, -0.25) is 14.6 Å². The standard InChI is InChI=1S/C27H42N4O3/c1-18(25(33)29-14-17-31-15-4-5-16-31)21-6-10-27(3)11-7-22(19(2)23(27)24(21)32)30-26(34)20-8-12-28-13-9-20/h8-9,12-13,18-19,21-24,32H,4-7,10-11,14-17H2,1-3H3,(H,29,33)(H,30,34)/t18-,19+,21?,22-,23+,24-,27-/m0/s1. The van der Waals surface area contributed by atoms with E-state index in [-0.39, 0.29) is 46.9 Å². The molecule has 3 N–H and O–H groups in total. The first kappa shape index (κ1) is 25.1. The van der Waals surface area contributed by atoms with Crippen LogP contribution in [0.5, 0.6) is 0 Å². The lowest BCUT2D eigenvalue weighted by Gasteiger charge is -2.56. The molecule has 7 atom stereocenters. The van der Waals surface area contributed by atoms with Crippen molar-refractivity contribution in [2.24, 2.45) is 29.1 Å². The summed E-state index contributed by atoms with van der Waals surface area (Å²) in [5.41, 5.74) is 0.649. The van der Waals surface area contributed by atoms with Crippen LogP contribution in [-0.4, -0.2) is 65.1 Å². The van der Waals surface area contributed by atoms with Gasteiger partial charge in [0.25, 0.3) is 5.91 Å². The fourth-order valence-corrected chi connectivity index (χ4v) is 6.95. The number of carbonyl (C=O) groups is 2. The first-order valence-electron chi connectivity index (χ1n) is 13.2. The van der Waals surface area contributed by atoms with Gasteiger partial charge in [0.1, 0.15) is 0 Å². The largest absolute Gasteiger partial charge is 0.392 e. The average molecular weight is 471 g/mol. The number of aliphatic hydroxyl groups excluding tert-OH is 1. The Kier molecular flexibility index (Phi) is 7.93. The van der Waals surface area contributed by atoms with Crippen LogP contribution >= 0.6 is 0 Å². The van der Waals surface area contributed by atoms with Gasteiger partial charge < -0.3 is 20.6 Å². The van der Waals surface area contributed by atoms with Gasteiger partial charge in [-0.2, -0.15) is 0 Å². The number of pyridine rings is 1. The van der Waals surface area contributed by atoms with Gasteiger partial charge in [-0.05, 0) is 86.9 Å². The van der Waals surface area contributed by atoms with E-state index in [9.17, 15) is 14.7 Å². The highest BCUT2D eigenvalue weighted by Crippen LogP contribution is 2.55. The summed E-state index contributed by atoms with van der Waals surface area (Å²) in [6.45, 7) is 10.3. The van der Waals surface area contributed by atoms with Gasteiger partial charge in [-0.25, -0.2) is 0 Å². The van der Waals surface area contributed by atoms with Crippen molar-refractivity contribution in [1.82, 2.24) is 20.5 Å². The zero-order chi connectivity index (χ0) is 24.3. The second-order valence-corrected chi connectivity index (χ2v) is 11.2. The highest BCUT2D eigenvalue weighted by molar-refractivity contribution is 5.94. The smallest absolute Gasteiger partial charge is 0.251 e. The molecular formula is C27H42N4O3. The van der Waals surface area contributed by atoms with E-state index in [0.717, 1.165) is 45.3 Å². The van der Waals surface area contributed by atoms with Gasteiger partial charge >= 0.3 is 0 Å². The molecule has 1 unspecified atom stereocenters. The van der Waals surface area contributed by atoms with Crippen LogP contribution in [0.2, 0.25) is 0 Å². The number of amides is 2. The zero-order valence-corrected chi connectivity index (χ0v) is 21.0. The van der Waals surface area contributed by atoms with E-state index in [1.807, 2.05) is 6.92 Å². The molecule has 188 valence electrons. The highest BCUT2D eigenvalue weighted by Gasteiger charge is 2.53. The summed E-state index contributed by atoms with van der Waals surface area (Å²) in [6.07, 6.45) is 8.98. The number of rotatable bonds is 7. The van der Waals surface area contributed by atoms with Crippen LogP contribution in [0, 0.1) is 29.1 Å². The van der Waals surface area contributed by atoms with Crippen molar-refractivity contribution < 1.29 is 14.7 Å². The number of nitrogens with one attached hydrogen (secondary N) is 2. The van der Waals surface area contributed by atoms with Crippen LogP contribution in [-0.2, 0) is 4.79 Å². The Bertz CT molecular complexity index is 844. The van der Waals surface area contributed by atoms with Gasteiger partial charge in [-0.1, -0.05) is 20.8 Å². The number of hydrogen-bond acceptors (Lipinski definition) is 5. The normalized spacial score (nSPS) is 34.8. The second kappa shape index (κ2) is 10.7. The maximum atomic E-state index is 12.9. The van der Waals surface area contributed by atoms with E-state index in [2.05, 4.69) is 34.4 Å². The first-order valence-corrected chi connectivity index (χ1v) is 13.2. The summed E-state index contributed by atoms with van der Waals surface area (Å²) in [7, 11) is 0. The fraction of sp³-hybridized carbons (Fsp3) is 0.741. The van der Waals surface area contributed by atoms with Crippen LogP contribution < -0.4 is 10.6 Å². The Morgan fingerprint density at radius 1 is 1.21 bits per heavy atom. The summed E-state index contributed by atoms with van der Waals surface area (Å²) < 4.78 is 0. The van der Waals surface area contributed by atoms with Crippen molar-refractivity contribution >= 4 is 11.8 Å². The van der Waals surface area contributed by atoms with Gasteiger partial charge in [0.05, 0.1) is 6.10 Å². The molecule has 4 rings (SSSR count). The predicted molar refractivity (Wildman–Crippen MR) is 132 cm³/mol. The van der Waals surface area contributed by atoms with Crippen molar-refractivity contribution in [3.8, 4) is 0 Å². The molecule has 2 amide bonds. The van der Waals surface area contributed by atoms with Crippen molar-refractivity contribution in [3.63, 3.8) is 0 Å². The van der Waals surface area contributed by atoms with E-state index < -0.39 is 6.10 Å². The molecule has 2 saturated carbocycles. The number of likely N-dealkylation sites (tertiary alicyclic amines) is 1. The third kappa shape index (κ3) is 5.30. The van der Waals surface area contributed by atoms with E-state index in [1.54, 1.807) is 24.5 Å². The molecule has 1 aromatic heterocycles. The zero-order valence-electron chi connectivity index (χ0n) is 21.0. The van der Waals surface area contributed by atoms with Crippen molar-refractivity contribution in [1.29, 1.82) is 0 Å². The van der Waals surface area contributed by atoms with Crippen molar-refractivity contribution in [3.05, 3.63) is 30.1 Å². The third-order valence-corrected chi connectivity index (χ3v) is 9.13. The molecule has 2 aliphatic carbocycles. The fourth-order valence-electron chi connectivity index (χ4n) is 6.95. The molecule has 3 aliphatic rings. The maximum Gasteiger partial charge on any atom is 0.251 e. The Morgan fingerprint density at radius 2 is 1.88 bits per heavy atom. The number of aromatic nitrogens is 1. The molecule has 1 aliphatic heterocycles. The molecule has 0 bridgehead atoms. The molecule has 1 aromatic rings. The number of fused-ring (bicyclic) bond motifs is 1. The van der Waals surface area contributed by atoms with Crippen LogP contribution in [0.4, 0.5) is 0 Å².